The summed E-state index contributed by atoms with van der Waals surface area (Å²) >= 11 is 0. The van der Waals surface area contributed by atoms with Crippen LogP contribution >= 0.6 is 0 Å². The fourth-order valence-corrected chi connectivity index (χ4v) is 4.60. The van der Waals surface area contributed by atoms with E-state index in [1.165, 1.54) is 0 Å². The number of nitrogens with zero attached hydrogens (tertiary/aromatic N) is 4. The van der Waals surface area contributed by atoms with Crippen molar-refractivity contribution in [1.82, 2.24) is 19.4 Å². The summed E-state index contributed by atoms with van der Waals surface area (Å²) in [6.45, 7) is 9.82. The Morgan fingerprint density at radius 3 is 2.37 bits per heavy atom. The number of carbonyl (C=O) groups is 2. The summed E-state index contributed by atoms with van der Waals surface area (Å²) < 4.78 is 2.15. The number of hydrogen-bond acceptors (Lipinski definition) is 4. The number of rotatable bonds is 10. The Morgan fingerprint density at radius 1 is 1.00 bits per heavy atom. The van der Waals surface area contributed by atoms with Crippen LogP contribution < -0.4 is 5.32 Å². The van der Waals surface area contributed by atoms with Crippen LogP contribution in [0, 0.1) is 6.92 Å². The van der Waals surface area contributed by atoms with E-state index in [0.717, 1.165) is 53.1 Å². The van der Waals surface area contributed by atoms with Gasteiger partial charge in [-0.3, -0.25) is 0 Å². The molecule has 2 amide bonds. The molecular weight excluding hydrogens is 478 g/mol. The van der Waals surface area contributed by atoms with Crippen LogP contribution in [0.5, 0.6) is 0 Å². The van der Waals surface area contributed by atoms with Crippen LogP contribution in [0.15, 0.2) is 54.6 Å². The number of hydrogen-bond donors (Lipinski definition) is 2. The lowest BCUT2D eigenvalue weighted by atomic mass is 9.99. The molecule has 8 nitrogen and oxygen atoms in total. The van der Waals surface area contributed by atoms with E-state index in [1.807, 2.05) is 63.2 Å². The Balaban J connectivity index is 1.67. The number of nitrogens with one attached hydrogen (secondary N) is 1. The van der Waals surface area contributed by atoms with E-state index < -0.39 is 5.97 Å². The Kier molecular flexibility index (Phi) is 8.41. The van der Waals surface area contributed by atoms with Crippen LogP contribution in [0.25, 0.3) is 22.3 Å². The van der Waals surface area contributed by atoms with Crippen molar-refractivity contribution in [3.05, 3.63) is 77.2 Å². The van der Waals surface area contributed by atoms with Gasteiger partial charge in [0.05, 0.1) is 23.5 Å². The maximum absolute atomic E-state index is 12.6. The van der Waals surface area contributed by atoms with E-state index in [2.05, 4.69) is 16.8 Å². The van der Waals surface area contributed by atoms with Crippen LogP contribution in [0.1, 0.15) is 61.1 Å². The highest BCUT2D eigenvalue weighted by atomic mass is 16.4. The average Bonchev–Trinajstić information content (AvgIpc) is 3.24. The molecule has 0 aliphatic heterocycles. The van der Waals surface area contributed by atoms with Crippen LogP contribution in [0.3, 0.4) is 0 Å². The smallest absolute Gasteiger partial charge is 0.336 e. The Hall–Kier alpha value is -4.20. The van der Waals surface area contributed by atoms with Crippen molar-refractivity contribution in [2.75, 3.05) is 18.4 Å². The fraction of sp³-hybridized carbons (Fsp3) is 0.333. The summed E-state index contributed by atoms with van der Waals surface area (Å²) in [4.78, 5) is 35.8. The second-order valence-corrected chi connectivity index (χ2v) is 9.33. The number of unbranched alkanes of at least 4 members (excludes halogenated alkanes) is 1. The third-order valence-corrected chi connectivity index (χ3v) is 6.80. The molecule has 2 aromatic heterocycles. The monoisotopic (exact) mass is 513 g/mol. The van der Waals surface area contributed by atoms with Gasteiger partial charge in [0.25, 0.3) is 0 Å². The quantitative estimate of drug-likeness (QED) is 0.257. The molecule has 0 aliphatic rings. The van der Waals surface area contributed by atoms with Crippen molar-refractivity contribution < 1.29 is 14.7 Å². The topological polar surface area (TPSA) is 100 Å². The van der Waals surface area contributed by atoms with Gasteiger partial charge in [-0.05, 0) is 56.0 Å². The van der Waals surface area contributed by atoms with Gasteiger partial charge in [0, 0.05) is 19.5 Å². The third-order valence-electron chi connectivity index (χ3n) is 6.80. The lowest BCUT2D eigenvalue weighted by Gasteiger charge is -2.19. The predicted molar refractivity (Wildman–Crippen MR) is 151 cm³/mol. The minimum absolute atomic E-state index is 0.144. The molecule has 0 fully saturated rings. The fourth-order valence-electron chi connectivity index (χ4n) is 4.60. The number of carbonyl (C=O) groups excluding carboxylic acids is 1. The first-order valence-corrected chi connectivity index (χ1v) is 13.2. The number of aromatic nitrogens is 3. The zero-order chi connectivity index (χ0) is 27.2. The first-order chi connectivity index (χ1) is 18.4. The average molecular weight is 514 g/mol. The number of carboxylic acids is 1. The van der Waals surface area contributed by atoms with Crippen molar-refractivity contribution in [1.29, 1.82) is 0 Å². The van der Waals surface area contributed by atoms with Gasteiger partial charge in [-0.15, -0.1) is 0 Å². The highest BCUT2D eigenvalue weighted by Gasteiger charge is 2.18. The number of benzene rings is 2. The van der Waals surface area contributed by atoms with Crippen LogP contribution in [0.4, 0.5) is 10.5 Å². The molecule has 4 aromatic rings. The number of aromatic carboxylic acids is 1. The SMILES string of the molecule is CCCCc1nc2cc(NC(=O)N(CC)CC)c(C)nc2n1Cc1ccc(-c2ccccc2C(=O)O)cc1. The second kappa shape index (κ2) is 11.9. The number of carboxylic acid groups (broad SMARTS) is 1. The molecule has 38 heavy (non-hydrogen) atoms. The summed E-state index contributed by atoms with van der Waals surface area (Å²) in [5, 5.41) is 12.5. The molecule has 0 saturated heterocycles. The first-order valence-electron chi connectivity index (χ1n) is 13.2. The van der Waals surface area contributed by atoms with E-state index in [-0.39, 0.29) is 11.6 Å². The third kappa shape index (κ3) is 5.69. The van der Waals surface area contributed by atoms with Crippen molar-refractivity contribution in [3.8, 4) is 11.1 Å². The Bertz CT molecular complexity index is 1440. The molecule has 0 radical (unpaired) electrons. The van der Waals surface area contributed by atoms with Crippen molar-refractivity contribution >= 4 is 28.9 Å². The highest BCUT2D eigenvalue weighted by Crippen LogP contribution is 2.27. The number of imidazole rings is 1. The van der Waals surface area contributed by atoms with Gasteiger partial charge < -0.3 is 19.9 Å². The Labute approximate surface area is 223 Å². The number of urea groups is 1. The summed E-state index contributed by atoms with van der Waals surface area (Å²) in [6, 6.07) is 16.8. The van der Waals surface area contributed by atoms with Gasteiger partial charge in [-0.2, -0.15) is 0 Å². The van der Waals surface area contributed by atoms with Crippen molar-refractivity contribution in [2.45, 2.75) is 53.5 Å². The highest BCUT2D eigenvalue weighted by molar-refractivity contribution is 5.96. The normalized spacial score (nSPS) is 11.1. The van der Waals surface area contributed by atoms with Gasteiger partial charge in [0.2, 0.25) is 0 Å². The molecule has 0 saturated carbocycles. The molecule has 0 atom stereocenters. The summed E-state index contributed by atoms with van der Waals surface area (Å²) in [7, 11) is 0. The van der Waals surface area contributed by atoms with Crippen molar-refractivity contribution in [3.63, 3.8) is 0 Å². The van der Waals surface area contributed by atoms with Gasteiger partial charge in [0.1, 0.15) is 11.3 Å². The van der Waals surface area contributed by atoms with Gasteiger partial charge in [-0.25, -0.2) is 19.6 Å². The molecular formula is C30H35N5O3. The largest absolute Gasteiger partial charge is 0.478 e. The number of pyridine rings is 1. The number of amides is 2. The second-order valence-electron chi connectivity index (χ2n) is 9.33. The molecule has 0 unspecified atom stereocenters. The molecule has 8 heteroatoms. The molecule has 2 N–H and O–H groups in total. The maximum Gasteiger partial charge on any atom is 0.336 e. The Morgan fingerprint density at radius 2 is 1.71 bits per heavy atom. The molecule has 0 aliphatic carbocycles. The summed E-state index contributed by atoms with van der Waals surface area (Å²) in [6.07, 6.45) is 2.90. The number of anilines is 1. The lowest BCUT2D eigenvalue weighted by Crippen LogP contribution is -2.34. The van der Waals surface area contributed by atoms with E-state index in [1.54, 1.807) is 17.0 Å². The van der Waals surface area contributed by atoms with Crippen LogP contribution in [-0.2, 0) is 13.0 Å². The predicted octanol–water partition coefficient (Wildman–Crippen LogP) is 6.37. The van der Waals surface area contributed by atoms with Gasteiger partial charge in [0.15, 0.2) is 5.65 Å². The number of fused-ring (bicyclic) bond motifs is 1. The van der Waals surface area contributed by atoms with E-state index >= 15 is 0 Å². The molecule has 198 valence electrons. The standard InChI is InChI=1S/C30H35N5O3/c1-5-8-13-27-32-26-18-25(33-30(38)34(6-2)7-3)20(4)31-28(26)35(27)19-21-14-16-22(17-15-21)23-11-9-10-12-24(23)29(36)37/h9-12,14-18H,5-8,13,19H2,1-4H3,(H,33,38)(H,36,37). The van der Waals surface area contributed by atoms with E-state index in [9.17, 15) is 14.7 Å². The first kappa shape index (κ1) is 26.9. The minimum atomic E-state index is -0.941. The van der Waals surface area contributed by atoms with Gasteiger partial charge >= 0.3 is 12.0 Å². The molecule has 0 spiro atoms. The zero-order valence-corrected chi connectivity index (χ0v) is 22.5. The molecule has 0 bridgehead atoms. The van der Waals surface area contributed by atoms with Crippen LogP contribution in [0.2, 0.25) is 0 Å². The summed E-state index contributed by atoms with van der Waals surface area (Å²) in [5.74, 6) is 0.0190. The molecule has 2 heterocycles. The molecule has 2 aromatic carbocycles. The van der Waals surface area contributed by atoms with Gasteiger partial charge in [-0.1, -0.05) is 55.8 Å². The van der Waals surface area contributed by atoms with E-state index in [4.69, 9.17) is 9.97 Å². The number of aryl methyl sites for hydroxylation is 2. The minimum Gasteiger partial charge on any atom is -0.478 e. The zero-order valence-electron chi connectivity index (χ0n) is 22.5. The van der Waals surface area contributed by atoms with Crippen LogP contribution in [-0.4, -0.2) is 49.6 Å². The van der Waals surface area contributed by atoms with E-state index in [0.29, 0.717) is 30.9 Å². The maximum atomic E-state index is 12.6. The summed E-state index contributed by atoms with van der Waals surface area (Å²) in [5.41, 5.74) is 5.85. The lowest BCUT2D eigenvalue weighted by molar-refractivity contribution is 0.0697. The van der Waals surface area contributed by atoms with Crippen molar-refractivity contribution in [2.24, 2.45) is 0 Å². The molecule has 4 rings (SSSR count).